The fourth-order valence-corrected chi connectivity index (χ4v) is 3.59. The van der Waals surface area contributed by atoms with Crippen LogP contribution in [0.4, 0.5) is 0 Å². The lowest BCUT2D eigenvalue weighted by Crippen LogP contribution is -2.37. The van der Waals surface area contributed by atoms with Crippen LogP contribution in [0.3, 0.4) is 0 Å². The highest BCUT2D eigenvalue weighted by molar-refractivity contribution is 7.09. The molecule has 0 radical (unpaired) electrons. The number of hydrogen-bond acceptors (Lipinski definition) is 6. The first-order valence-corrected chi connectivity index (χ1v) is 10.1. The van der Waals surface area contributed by atoms with Gasteiger partial charge in [-0.05, 0) is 48.7 Å². The molecule has 1 N–H and O–H groups in total. The van der Waals surface area contributed by atoms with Gasteiger partial charge in [0.2, 0.25) is 0 Å². The maximum Gasteiger partial charge on any atom is 0.161 e. The Hall–Kier alpha value is -1.02. The number of hydrogen-bond donors (Lipinski definition) is 1. The van der Waals surface area contributed by atoms with Crippen molar-refractivity contribution in [3.63, 3.8) is 0 Å². The number of rotatable bonds is 10. The molecule has 0 aliphatic carbocycles. The third kappa shape index (κ3) is 8.15. The van der Waals surface area contributed by atoms with Gasteiger partial charge in [-0.15, -0.1) is 36.2 Å². The maximum atomic E-state index is 5.89. The Morgan fingerprint density at radius 1 is 1.14 bits per heavy atom. The normalized spacial score (nSPS) is 14.0. The Labute approximate surface area is 184 Å². The molecule has 2 heterocycles. The van der Waals surface area contributed by atoms with Crippen molar-refractivity contribution in [3.8, 4) is 11.5 Å². The molecule has 0 bridgehead atoms. The maximum absolute atomic E-state index is 5.89. The predicted octanol–water partition coefficient (Wildman–Crippen LogP) is 3.99. The molecule has 1 aromatic heterocycles. The van der Waals surface area contributed by atoms with Gasteiger partial charge in [-0.2, -0.15) is 0 Å². The van der Waals surface area contributed by atoms with E-state index in [0.717, 1.165) is 63.9 Å². The van der Waals surface area contributed by atoms with Crippen molar-refractivity contribution >= 4 is 36.2 Å². The zero-order valence-corrected chi connectivity index (χ0v) is 18.7. The molecule has 5 nitrogen and oxygen atoms in total. The molecule has 0 atom stereocenters. The largest absolute Gasteiger partial charge is 0.493 e. The van der Waals surface area contributed by atoms with E-state index in [4.69, 9.17) is 14.2 Å². The van der Waals surface area contributed by atoms with E-state index in [2.05, 4.69) is 33.8 Å². The van der Waals surface area contributed by atoms with Crippen LogP contribution >= 0.6 is 36.2 Å². The first kappa shape index (κ1) is 25.0. The lowest BCUT2D eigenvalue weighted by Gasteiger charge is -2.26. The van der Waals surface area contributed by atoms with Gasteiger partial charge in [-0.25, -0.2) is 0 Å². The first-order chi connectivity index (χ1) is 12.8. The molecule has 2 aromatic rings. The van der Waals surface area contributed by atoms with Crippen LogP contribution < -0.4 is 14.8 Å². The van der Waals surface area contributed by atoms with Crippen LogP contribution in [0.5, 0.6) is 11.5 Å². The lowest BCUT2D eigenvalue weighted by molar-refractivity contribution is 0.0374. The van der Waals surface area contributed by atoms with Crippen molar-refractivity contribution < 1.29 is 14.2 Å². The third-order valence-electron chi connectivity index (χ3n) is 4.44. The molecule has 1 fully saturated rings. The molecule has 3 rings (SSSR count). The van der Waals surface area contributed by atoms with E-state index in [-0.39, 0.29) is 24.8 Å². The average Bonchev–Trinajstić information content (AvgIpc) is 3.21. The standard InChI is InChI=1S/C20H28N2O3S.2ClH/c1-23-20-14-17(5-6-19(20)25-16-18-4-2-13-26-18)15-21-7-3-8-22-9-11-24-12-10-22;;/h2,4-6,13-14,21H,3,7-12,15-16H2,1H3;2*1H. The lowest BCUT2D eigenvalue weighted by atomic mass is 10.2. The smallest absolute Gasteiger partial charge is 0.161 e. The quantitative estimate of drug-likeness (QED) is 0.556. The second kappa shape index (κ2) is 14.0. The Bertz CT molecular complexity index is 653. The summed E-state index contributed by atoms with van der Waals surface area (Å²) in [6.07, 6.45) is 1.15. The van der Waals surface area contributed by atoms with Crippen molar-refractivity contribution in [2.24, 2.45) is 0 Å². The molecule has 1 saturated heterocycles. The summed E-state index contributed by atoms with van der Waals surface area (Å²) < 4.78 is 16.8. The van der Waals surface area contributed by atoms with Crippen LogP contribution in [0.15, 0.2) is 35.7 Å². The van der Waals surface area contributed by atoms with Gasteiger partial charge in [-0.3, -0.25) is 4.90 Å². The van der Waals surface area contributed by atoms with Crippen molar-refractivity contribution in [1.29, 1.82) is 0 Å². The minimum absolute atomic E-state index is 0. The van der Waals surface area contributed by atoms with Crippen LogP contribution in [0, 0.1) is 0 Å². The highest BCUT2D eigenvalue weighted by Gasteiger charge is 2.09. The number of nitrogens with one attached hydrogen (secondary N) is 1. The van der Waals surface area contributed by atoms with Crippen molar-refractivity contribution in [2.45, 2.75) is 19.6 Å². The van der Waals surface area contributed by atoms with Crippen LogP contribution in [-0.2, 0) is 17.9 Å². The molecule has 158 valence electrons. The van der Waals surface area contributed by atoms with Gasteiger partial charge < -0.3 is 19.5 Å². The van der Waals surface area contributed by atoms with Crippen molar-refractivity contribution in [2.75, 3.05) is 46.5 Å². The summed E-state index contributed by atoms with van der Waals surface area (Å²) in [5.41, 5.74) is 1.21. The number of thiophene rings is 1. The van der Waals surface area contributed by atoms with Gasteiger partial charge in [-0.1, -0.05) is 12.1 Å². The number of nitrogens with zero attached hydrogens (tertiary/aromatic N) is 1. The van der Waals surface area contributed by atoms with Crippen molar-refractivity contribution in [1.82, 2.24) is 10.2 Å². The van der Waals surface area contributed by atoms with Gasteiger partial charge in [0.25, 0.3) is 0 Å². The van der Waals surface area contributed by atoms with E-state index in [1.165, 1.54) is 10.4 Å². The van der Waals surface area contributed by atoms with Gasteiger partial charge in [0.1, 0.15) is 6.61 Å². The highest BCUT2D eigenvalue weighted by Crippen LogP contribution is 2.29. The number of halogens is 2. The highest BCUT2D eigenvalue weighted by atomic mass is 35.5. The number of methoxy groups -OCH3 is 1. The minimum Gasteiger partial charge on any atom is -0.493 e. The molecule has 1 aliphatic rings. The summed E-state index contributed by atoms with van der Waals surface area (Å²) in [4.78, 5) is 3.67. The van der Waals surface area contributed by atoms with E-state index in [1.54, 1.807) is 18.4 Å². The Morgan fingerprint density at radius 2 is 1.96 bits per heavy atom. The average molecular weight is 449 g/mol. The molecule has 28 heavy (non-hydrogen) atoms. The summed E-state index contributed by atoms with van der Waals surface area (Å²) >= 11 is 1.70. The van der Waals surface area contributed by atoms with Gasteiger partial charge in [0.05, 0.1) is 20.3 Å². The summed E-state index contributed by atoms with van der Waals surface area (Å²) in [6, 6.07) is 10.3. The van der Waals surface area contributed by atoms with E-state index in [0.29, 0.717) is 6.61 Å². The molecular weight excluding hydrogens is 419 g/mol. The molecule has 0 amide bonds. The zero-order valence-electron chi connectivity index (χ0n) is 16.2. The molecule has 0 unspecified atom stereocenters. The van der Waals surface area contributed by atoms with E-state index in [9.17, 15) is 0 Å². The van der Waals surface area contributed by atoms with Crippen LogP contribution in [0.25, 0.3) is 0 Å². The van der Waals surface area contributed by atoms with Crippen LogP contribution in [0.1, 0.15) is 16.9 Å². The molecule has 8 heteroatoms. The summed E-state index contributed by atoms with van der Waals surface area (Å²) in [6.45, 7) is 7.42. The van der Waals surface area contributed by atoms with E-state index < -0.39 is 0 Å². The van der Waals surface area contributed by atoms with Gasteiger partial charge >= 0.3 is 0 Å². The third-order valence-corrected chi connectivity index (χ3v) is 5.29. The van der Waals surface area contributed by atoms with Crippen LogP contribution in [-0.4, -0.2) is 51.4 Å². The number of benzene rings is 1. The van der Waals surface area contributed by atoms with Gasteiger partial charge in [0, 0.05) is 24.5 Å². The number of morpholine rings is 1. The second-order valence-electron chi connectivity index (χ2n) is 6.34. The predicted molar refractivity (Wildman–Crippen MR) is 120 cm³/mol. The monoisotopic (exact) mass is 448 g/mol. The topological polar surface area (TPSA) is 43.0 Å². The van der Waals surface area contributed by atoms with Crippen molar-refractivity contribution in [3.05, 3.63) is 46.2 Å². The zero-order chi connectivity index (χ0) is 18.0. The Morgan fingerprint density at radius 3 is 2.68 bits per heavy atom. The molecular formula is C20H30Cl2N2O3S. The van der Waals surface area contributed by atoms with Gasteiger partial charge in [0.15, 0.2) is 11.5 Å². The molecule has 1 aromatic carbocycles. The Balaban J connectivity index is 0.00000196. The molecule has 0 saturated carbocycles. The summed E-state index contributed by atoms with van der Waals surface area (Å²) in [7, 11) is 1.69. The number of ether oxygens (including phenoxy) is 3. The molecule has 0 spiro atoms. The molecule has 1 aliphatic heterocycles. The Kier molecular flexibility index (Phi) is 12.5. The first-order valence-electron chi connectivity index (χ1n) is 9.18. The van der Waals surface area contributed by atoms with E-state index >= 15 is 0 Å². The SMILES string of the molecule is COc1cc(CNCCCN2CCOCC2)ccc1OCc1cccs1.Cl.Cl. The minimum atomic E-state index is 0. The second-order valence-corrected chi connectivity index (χ2v) is 7.37. The fraction of sp³-hybridized carbons (Fsp3) is 0.500. The van der Waals surface area contributed by atoms with Crippen LogP contribution in [0.2, 0.25) is 0 Å². The summed E-state index contributed by atoms with van der Waals surface area (Å²) in [5.74, 6) is 1.58. The van der Waals surface area contributed by atoms with E-state index in [1.807, 2.05) is 12.1 Å². The summed E-state index contributed by atoms with van der Waals surface area (Å²) in [5, 5.41) is 5.57. The fourth-order valence-electron chi connectivity index (χ4n) is 2.97.